The predicted octanol–water partition coefficient (Wildman–Crippen LogP) is 3.02. The maximum absolute atomic E-state index is 6.12. The van der Waals surface area contributed by atoms with E-state index in [0.717, 1.165) is 12.5 Å². The summed E-state index contributed by atoms with van der Waals surface area (Å²) >= 11 is 0. The van der Waals surface area contributed by atoms with E-state index >= 15 is 0 Å². The molecule has 1 saturated carbocycles. The van der Waals surface area contributed by atoms with Crippen LogP contribution >= 0.6 is 0 Å². The number of nitrogens with two attached hydrogens (primary N) is 1. The van der Waals surface area contributed by atoms with Gasteiger partial charge in [-0.05, 0) is 44.7 Å². The van der Waals surface area contributed by atoms with E-state index in [-0.39, 0.29) is 0 Å². The van der Waals surface area contributed by atoms with Crippen molar-refractivity contribution >= 4 is 0 Å². The van der Waals surface area contributed by atoms with E-state index in [0.29, 0.717) is 5.54 Å². The van der Waals surface area contributed by atoms with Gasteiger partial charge in [0, 0.05) is 12.1 Å². The van der Waals surface area contributed by atoms with Gasteiger partial charge in [0.2, 0.25) is 0 Å². The zero-order chi connectivity index (χ0) is 12.0. The normalized spacial score (nSPS) is 30.9. The average Bonchev–Trinajstić information content (AvgIpc) is 2.28. The zero-order valence-electron chi connectivity index (χ0n) is 11.5. The van der Waals surface area contributed by atoms with Gasteiger partial charge >= 0.3 is 0 Å². The highest BCUT2D eigenvalue weighted by atomic mass is 15.2. The maximum Gasteiger partial charge on any atom is 0.0334 e. The SMILES string of the molecule is CCCN(CCC)C1(CN)CCCC(C)C1. The van der Waals surface area contributed by atoms with Gasteiger partial charge in [0.1, 0.15) is 0 Å². The molecule has 0 heterocycles. The molecule has 96 valence electrons. The molecule has 16 heavy (non-hydrogen) atoms. The molecule has 0 aromatic carbocycles. The zero-order valence-corrected chi connectivity index (χ0v) is 11.5. The Labute approximate surface area is 102 Å². The average molecular weight is 226 g/mol. The summed E-state index contributed by atoms with van der Waals surface area (Å²) in [5.41, 5.74) is 6.44. The molecule has 2 heteroatoms. The van der Waals surface area contributed by atoms with Crippen LogP contribution in [0.2, 0.25) is 0 Å². The van der Waals surface area contributed by atoms with E-state index in [1.165, 1.54) is 51.6 Å². The standard InChI is InChI=1S/C14H30N2/c1-4-9-16(10-5-2)14(12-15)8-6-7-13(3)11-14/h13H,4-12,15H2,1-3H3. The Bertz CT molecular complexity index is 187. The molecule has 0 aromatic rings. The molecule has 0 amide bonds. The van der Waals surface area contributed by atoms with E-state index in [1.807, 2.05) is 0 Å². The van der Waals surface area contributed by atoms with Crippen LogP contribution in [0.15, 0.2) is 0 Å². The third-order valence-electron chi connectivity index (χ3n) is 4.11. The number of hydrogen-bond acceptors (Lipinski definition) is 2. The summed E-state index contributed by atoms with van der Waals surface area (Å²) in [6.07, 6.45) is 7.87. The van der Waals surface area contributed by atoms with Gasteiger partial charge in [-0.25, -0.2) is 0 Å². The van der Waals surface area contributed by atoms with Gasteiger partial charge in [0.15, 0.2) is 0 Å². The predicted molar refractivity (Wildman–Crippen MR) is 71.6 cm³/mol. The Balaban J connectivity index is 2.72. The van der Waals surface area contributed by atoms with E-state index in [1.54, 1.807) is 0 Å². The van der Waals surface area contributed by atoms with Crippen LogP contribution in [0.25, 0.3) is 0 Å². The van der Waals surface area contributed by atoms with Crippen LogP contribution < -0.4 is 5.73 Å². The van der Waals surface area contributed by atoms with Crippen molar-refractivity contribution in [3.63, 3.8) is 0 Å². The van der Waals surface area contributed by atoms with Crippen LogP contribution in [0, 0.1) is 5.92 Å². The Morgan fingerprint density at radius 1 is 1.25 bits per heavy atom. The fraction of sp³-hybridized carbons (Fsp3) is 1.00. The molecule has 2 atom stereocenters. The van der Waals surface area contributed by atoms with Crippen LogP contribution in [0.4, 0.5) is 0 Å². The first-order valence-electron chi connectivity index (χ1n) is 7.13. The number of nitrogens with zero attached hydrogens (tertiary/aromatic N) is 1. The summed E-state index contributed by atoms with van der Waals surface area (Å²) in [4.78, 5) is 2.68. The highest BCUT2D eigenvalue weighted by Gasteiger charge is 2.38. The second-order valence-corrected chi connectivity index (χ2v) is 5.62. The molecule has 0 aromatic heterocycles. The third kappa shape index (κ3) is 3.21. The Morgan fingerprint density at radius 2 is 1.88 bits per heavy atom. The minimum absolute atomic E-state index is 0.323. The molecule has 2 unspecified atom stereocenters. The van der Waals surface area contributed by atoms with E-state index < -0.39 is 0 Å². The molecule has 0 spiro atoms. The van der Waals surface area contributed by atoms with Crippen molar-refractivity contribution in [2.75, 3.05) is 19.6 Å². The number of hydrogen-bond donors (Lipinski definition) is 1. The lowest BCUT2D eigenvalue weighted by atomic mass is 9.75. The fourth-order valence-electron chi connectivity index (χ4n) is 3.36. The second-order valence-electron chi connectivity index (χ2n) is 5.62. The quantitative estimate of drug-likeness (QED) is 0.754. The van der Waals surface area contributed by atoms with Gasteiger partial charge < -0.3 is 5.73 Å². The van der Waals surface area contributed by atoms with E-state index in [9.17, 15) is 0 Å². The van der Waals surface area contributed by atoms with Gasteiger partial charge in [0.25, 0.3) is 0 Å². The summed E-state index contributed by atoms with van der Waals surface area (Å²) in [6, 6.07) is 0. The molecule has 2 N–H and O–H groups in total. The smallest absolute Gasteiger partial charge is 0.0334 e. The van der Waals surface area contributed by atoms with Gasteiger partial charge in [-0.1, -0.05) is 33.6 Å². The molecule has 1 aliphatic rings. The summed E-state index contributed by atoms with van der Waals surface area (Å²) in [7, 11) is 0. The Kier molecular flexibility index (Phi) is 5.77. The van der Waals surface area contributed by atoms with Crippen LogP contribution in [0.3, 0.4) is 0 Å². The van der Waals surface area contributed by atoms with Crippen LogP contribution in [0.1, 0.15) is 59.3 Å². The van der Waals surface area contributed by atoms with Crippen molar-refractivity contribution in [3.05, 3.63) is 0 Å². The van der Waals surface area contributed by atoms with Gasteiger partial charge in [-0.3, -0.25) is 4.90 Å². The van der Waals surface area contributed by atoms with Gasteiger partial charge in [-0.2, -0.15) is 0 Å². The molecule has 1 aliphatic carbocycles. The van der Waals surface area contributed by atoms with Crippen LogP contribution in [0.5, 0.6) is 0 Å². The minimum Gasteiger partial charge on any atom is -0.329 e. The summed E-state index contributed by atoms with van der Waals surface area (Å²) in [5, 5.41) is 0. The first kappa shape index (κ1) is 14.0. The van der Waals surface area contributed by atoms with Crippen molar-refractivity contribution in [2.45, 2.75) is 64.8 Å². The second kappa shape index (κ2) is 6.61. The minimum atomic E-state index is 0.323. The highest BCUT2D eigenvalue weighted by Crippen LogP contribution is 2.36. The fourth-order valence-corrected chi connectivity index (χ4v) is 3.36. The van der Waals surface area contributed by atoms with Crippen molar-refractivity contribution in [1.29, 1.82) is 0 Å². The molecule has 0 radical (unpaired) electrons. The monoisotopic (exact) mass is 226 g/mol. The molecule has 1 fully saturated rings. The maximum atomic E-state index is 6.12. The first-order chi connectivity index (χ1) is 7.68. The summed E-state index contributed by atoms with van der Waals surface area (Å²) < 4.78 is 0. The summed E-state index contributed by atoms with van der Waals surface area (Å²) in [5.74, 6) is 0.855. The van der Waals surface area contributed by atoms with Crippen molar-refractivity contribution in [2.24, 2.45) is 11.7 Å². The molecular formula is C14H30N2. The molecule has 0 bridgehead atoms. The molecule has 0 aliphatic heterocycles. The lowest BCUT2D eigenvalue weighted by molar-refractivity contribution is 0.0389. The molecule has 0 saturated heterocycles. The van der Waals surface area contributed by atoms with Gasteiger partial charge in [-0.15, -0.1) is 0 Å². The topological polar surface area (TPSA) is 29.3 Å². The van der Waals surface area contributed by atoms with E-state index in [4.69, 9.17) is 5.73 Å². The molecule has 1 rings (SSSR count). The number of rotatable bonds is 6. The Morgan fingerprint density at radius 3 is 2.31 bits per heavy atom. The van der Waals surface area contributed by atoms with Crippen LogP contribution in [-0.4, -0.2) is 30.1 Å². The first-order valence-corrected chi connectivity index (χ1v) is 7.13. The molecule has 2 nitrogen and oxygen atoms in total. The van der Waals surface area contributed by atoms with Crippen molar-refractivity contribution in [3.8, 4) is 0 Å². The van der Waals surface area contributed by atoms with Gasteiger partial charge in [0.05, 0.1) is 0 Å². The van der Waals surface area contributed by atoms with Crippen LogP contribution in [-0.2, 0) is 0 Å². The lowest BCUT2D eigenvalue weighted by Crippen LogP contribution is -2.56. The van der Waals surface area contributed by atoms with Crippen molar-refractivity contribution < 1.29 is 0 Å². The highest BCUT2D eigenvalue weighted by molar-refractivity contribution is 4.95. The lowest BCUT2D eigenvalue weighted by Gasteiger charge is -2.48. The summed E-state index contributed by atoms with van der Waals surface area (Å²) in [6.45, 7) is 10.2. The molecular weight excluding hydrogens is 196 g/mol. The Hall–Kier alpha value is -0.0800. The van der Waals surface area contributed by atoms with E-state index in [2.05, 4.69) is 25.7 Å². The third-order valence-corrected chi connectivity index (χ3v) is 4.11. The largest absolute Gasteiger partial charge is 0.329 e. The van der Waals surface area contributed by atoms with Crippen molar-refractivity contribution in [1.82, 2.24) is 4.90 Å².